The van der Waals surface area contributed by atoms with Crippen LogP contribution in [0, 0.1) is 35.5 Å². The van der Waals surface area contributed by atoms with Gasteiger partial charge in [0.15, 0.2) is 0 Å². The minimum Gasteiger partial charge on any atom is -0.0633 e. The molecule has 0 nitrogen and oxygen atoms in total. The second kappa shape index (κ2) is 1.99. The van der Waals surface area contributed by atoms with Gasteiger partial charge in [0.2, 0.25) is 0 Å². The molecule has 0 aromatic carbocycles. The molecule has 0 heteroatoms. The van der Waals surface area contributed by atoms with Crippen LogP contribution >= 0.6 is 0 Å². The SMILES string of the molecule is C1CC2CC1C1=C2C2C3CCC(C3)C12. The summed E-state index contributed by atoms with van der Waals surface area (Å²) in [6.07, 6.45) is 9.48. The first-order valence-electron chi connectivity index (χ1n) is 6.67. The highest BCUT2D eigenvalue weighted by molar-refractivity contribution is 5.46. The molecule has 0 N–H and O–H groups in total. The maximum absolute atomic E-state index is 2.04. The summed E-state index contributed by atoms with van der Waals surface area (Å²) in [5.41, 5.74) is 4.08. The molecule has 3 fully saturated rings. The molecule has 5 aliphatic rings. The lowest BCUT2D eigenvalue weighted by molar-refractivity contribution is 0.215. The van der Waals surface area contributed by atoms with Gasteiger partial charge in [-0.05, 0) is 74.0 Å². The fraction of sp³-hybridized carbons (Fsp3) is 0.857. The van der Waals surface area contributed by atoms with Crippen LogP contribution in [0.3, 0.4) is 0 Å². The summed E-state index contributed by atoms with van der Waals surface area (Å²) in [7, 11) is 0. The van der Waals surface area contributed by atoms with Crippen molar-refractivity contribution in [1.82, 2.24) is 0 Å². The molecule has 0 spiro atoms. The quantitative estimate of drug-likeness (QED) is 0.509. The zero-order valence-corrected chi connectivity index (χ0v) is 8.71. The summed E-state index contributed by atoms with van der Waals surface area (Å²) in [5.74, 6) is 6.77. The lowest BCUT2D eigenvalue weighted by Gasteiger charge is -2.47. The molecule has 0 amide bonds. The molecule has 0 aromatic heterocycles. The van der Waals surface area contributed by atoms with Crippen molar-refractivity contribution in [3.8, 4) is 0 Å². The van der Waals surface area contributed by atoms with Gasteiger partial charge < -0.3 is 0 Å². The smallest absolute Gasteiger partial charge is 0.0101 e. The first-order valence-corrected chi connectivity index (χ1v) is 6.67. The van der Waals surface area contributed by atoms with E-state index in [0.717, 1.165) is 35.5 Å². The van der Waals surface area contributed by atoms with Crippen molar-refractivity contribution in [2.45, 2.75) is 38.5 Å². The Morgan fingerprint density at radius 2 is 1.21 bits per heavy atom. The van der Waals surface area contributed by atoms with Crippen LogP contribution in [0.2, 0.25) is 0 Å². The van der Waals surface area contributed by atoms with Crippen molar-refractivity contribution in [1.29, 1.82) is 0 Å². The minimum atomic E-state index is 1.09. The summed E-state index contributed by atoms with van der Waals surface area (Å²) in [4.78, 5) is 0. The second-order valence-corrected chi connectivity index (χ2v) is 6.50. The third kappa shape index (κ3) is 0.547. The molecule has 0 heterocycles. The van der Waals surface area contributed by atoms with Gasteiger partial charge in [-0.25, -0.2) is 0 Å². The van der Waals surface area contributed by atoms with Crippen LogP contribution < -0.4 is 0 Å². The predicted octanol–water partition coefficient (Wildman–Crippen LogP) is 3.39. The Hall–Kier alpha value is -0.260. The third-order valence-corrected chi connectivity index (χ3v) is 6.28. The Labute approximate surface area is 85.8 Å². The first kappa shape index (κ1) is 7.09. The van der Waals surface area contributed by atoms with E-state index >= 15 is 0 Å². The molecular weight excluding hydrogens is 168 g/mol. The predicted molar refractivity (Wildman–Crippen MR) is 55.7 cm³/mol. The third-order valence-electron chi connectivity index (χ3n) is 6.28. The molecule has 3 saturated carbocycles. The van der Waals surface area contributed by atoms with Gasteiger partial charge in [0.05, 0.1) is 0 Å². The van der Waals surface area contributed by atoms with Crippen molar-refractivity contribution in [3.63, 3.8) is 0 Å². The average Bonchev–Trinajstić information content (AvgIpc) is 2.82. The van der Waals surface area contributed by atoms with Gasteiger partial charge >= 0.3 is 0 Å². The van der Waals surface area contributed by atoms with Crippen LogP contribution in [-0.4, -0.2) is 0 Å². The van der Waals surface area contributed by atoms with Gasteiger partial charge in [-0.2, -0.15) is 0 Å². The molecule has 0 aliphatic heterocycles. The fourth-order valence-corrected chi connectivity index (χ4v) is 6.04. The van der Waals surface area contributed by atoms with E-state index in [0.29, 0.717) is 0 Å². The first-order chi connectivity index (χ1) is 6.93. The Kier molecular flexibility index (Phi) is 1.00. The van der Waals surface area contributed by atoms with Crippen molar-refractivity contribution in [2.75, 3.05) is 0 Å². The number of hydrogen-bond donors (Lipinski definition) is 0. The van der Waals surface area contributed by atoms with Gasteiger partial charge in [0.25, 0.3) is 0 Å². The molecule has 6 atom stereocenters. The van der Waals surface area contributed by atoms with E-state index in [-0.39, 0.29) is 0 Å². The van der Waals surface area contributed by atoms with Crippen molar-refractivity contribution < 1.29 is 0 Å². The van der Waals surface area contributed by atoms with Gasteiger partial charge in [0, 0.05) is 0 Å². The van der Waals surface area contributed by atoms with E-state index in [9.17, 15) is 0 Å². The molecular formula is C14H18. The second-order valence-electron chi connectivity index (χ2n) is 6.50. The largest absolute Gasteiger partial charge is 0.0633 e. The minimum absolute atomic E-state index is 1.09. The molecule has 0 saturated heterocycles. The van der Waals surface area contributed by atoms with E-state index < -0.39 is 0 Å². The molecule has 74 valence electrons. The van der Waals surface area contributed by atoms with Gasteiger partial charge in [0.1, 0.15) is 0 Å². The van der Waals surface area contributed by atoms with Crippen LogP contribution in [0.1, 0.15) is 38.5 Å². The van der Waals surface area contributed by atoms with Crippen molar-refractivity contribution >= 4 is 0 Å². The lowest BCUT2D eigenvalue weighted by Crippen LogP contribution is -2.38. The van der Waals surface area contributed by atoms with Gasteiger partial charge in [-0.15, -0.1) is 0 Å². The van der Waals surface area contributed by atoms with E-state index in [1.54, 1.807) is 38.5 Å². The standard InChI is InChI=1S/C14H18/c1-2-8-5-7(1)11-12(8)14-10-4-3-9(6-10)13(11)14/h7-12H,1-6H2. The molecule has 14 heavy (non-hydrogen) atoms. The number of rotatable bonds is 0. The molecule has 0 radical (unpaired) electrons. The number of allylic oxidation sites excluding steroid dienone is 2. The molecule has 6 unspecified atom stereocenters. The van der Waals surface area contributed by atoms with Crippen LogP contribution in [0.15, 0.2) is 11.1 Å². The number of fused-ring (bicyclic) bond motifs is 11. The summed E-state index contributed by atoms with van der Waals surface area (Å²) < 4.78 is 0. The maximum Gasteiger partial charge on any atom is -0.0101 e. The summed E-state index contributed by atoms with van der Waals surface area (Å²) in [6.45, 7) is 0. The van der Waals surface area contributed by atoms with Gasteiger partial charge in [-0.1, -0.05) is 11.1 Å². The van der Waals surface area contributed by atoms with E-state index in [2.05, 4.69) is 0 Å². The highest BCUT2D eigenvalue weighted by Gasteiger charge is 2.62. The summed E-state index contributed by atoms with van der Waals surface area (Å²) >= 11 is 0. The van der Waals surface area contributed by atoms with Crippen LogP contribution in [0.4, 0.5) is 0 Å². The summed E-state index contributed by atoms with van der Waals surface area (Å²) in [5, 5.41) is 0. The maximum atomic E-state index is 2.04. The van der Waals surface area contributed by atoms with E-state index in [4.69, 9.17) is 0 Å². The van der Waals surface area contributed by atoms with Crippen LogP contribution in [0.25, 0.3) is 0 Å². The lowest BCUT2D eigenvalue weighted by atomic mass is 9.57. The normalized spacial score (nSPS) is 61.7. The average molecular weight is 186 g/mol. The Morgan fingerprint density at radius 3 is 1.79 bits per heavy atom. The van der Waals surface area contributed by atoms with Crippen LogP contribution in [-0.2, 0) is 0 Å². The van der Waals surface area contributed by atoms with Crippen molar-refractivity contribution in [3.05, 3.63) is 11.1 Å². The zero-order chi connectivity index (χ0) is 8.86. The number of hydrogen-bond acceptors (Lipinski definition) is 0. The fourth-order valence-electron chi connectivity index (χ4n) is 6.04. The highest BCUT2D eigenvalue weighted by Crippen LogP contribution is 2.72. The highest BCUT2D eigenvalue weighted by atomic mass is 14.7. The zero-order valence-electron chi connectivity index (χ0n) is 8.71. The van der Waals surface area contributed by atoms with Crippen LogP contribution in [0.5, 0.6) is 0 Å². The Balaban J connectivity index is 1.67. The van der Waals surface area contributed by atoms with Gasteiger partial charge in [-0.3, -0.25) is 0 Å². The molecule has 5 aliphatic carbocycles. The van der Waals surface area contributed by atoms with E-state index in [1.807, 2.05) is 11.1 Å². The summed E-state index contributed by atoms with van der Waals surface area (Å²) in [6, 6.07) is 0. The molecule has 5 rings (SSSR count). The Morgan fingerprint density at radius 1 is 0.643 bits per heavy atom. The molecule has 4 bridgehead atoms. The molecule has 0 aromatic rings. The van der Waals surface area contributed by atoms with E-state index in [1.165, 1.54) is 0 Å². The van der Waals surface area contributed by atoms with Crippen molar-refractivity contribution in [2.24, 2.45) is 35.5 Å². The Bertz CT molecular complexity index is 319. The monoisotopic (exact) mass is 186 g/mol. The topological polar surface area (TPSA) is 0 Å².